The minimum atomic E-state index is -0.226. The summed E-state index contributed by atoms with van der Waals surface area (Å²) in [6, 6.07) is 14.9. The Bertz CT molecular complexity index is 881. The lowest BCUT2D eigenvalue weighted by molar-refractivity contribution is -0.137. The summed E-state index contributed by atoms with van der Waals surface area (Å²) in [7, 11) is 0. The number of rotatable bonds is 4. The number of benzene rings is 2. The van der Waals surface area contributed by atoms with Gasteiger partial charge >= 0.3 is 0 Å². The monoisotopic (exact) mass is 396 g/mol. The van der Waals surface area contributed by atoms with E-state index in [1.807, 2.05) is 48.2 Å². The summed E-state index contributed by atoms with van der Waals surface area (Å²) in [5.41, 5.74) is 1.95. The fourth-order valence-corrected chi connectivity index (χ4v) is 5.04. The molecule has 2 aromatic rings. The number of nitrogens with zero attached hydrogens (tertiary/aromatic N) is 2. The second-order valence-electron chi connectivity index (χ2n) is 8.78. The number of hydrogen-bond donors (Lipinski definition) is 0. The molecule has 5 heteroatoms. The molecule has 0 aromatic heterocycles. The van der Waals surface area contributed by atoms with Gasteiger partial charge in [-0.2, -0.15) is 0 Å². The highest BCUT2D eigenvalue weighted by Gasteiger charge is 2.50. The predicted molar refractivity (Wildman–Crippen MR) is 113 cm³/mol. The van der Waals surface area contributed by atoms with Crippen molar-refractivity contribution in [3.8, 4) is 5.75 Å². The number of aryl methyl sites for hydroxylation is 1. The van der Waals surface area contributed by atoms with E-state index in [-0.39, 0.29) is 36.0 Å². The van der Waals surface area contributed by atoms with Gasteiger partial charge < -0.3 is 14.5 Å². The fourth-order valence-electron chi connectivity index (χ4n) is 5.04. The van der Waals surface area contributed by atoms with E-state index in [1.54, 1.807) is 0 Å². The van der Waals surface area contributed by atoms with Gasteiger partial charge in [0.1, 0.15) is 11.6 Å². The van der Waals surface area contributed by atoms with Gasteiger partial charge in [0, 0.05) is 17.8 Å². The number of carbonyl (C=O) groups is 1. The molecule has 0 unspecified atom stereocenters. The Balaban J connectivity index is 1.51. The van der Waals surface area contributed by atoms with E-state index in [2.05, 4.69) is 18.7 Å². The Morgan fingerprint density at radius 3 is 2.59 bits per heavy atom. The molecular formula is C24H29FN2O2. The summed E-state index contributed by atoms with van der Waals surface area (Å²) in [6.45, 7) is 7.23. The van der Waals surface area contributed by atoms with Crippen molar-refractivity contribution in [1.82, 2.24) is 4.90 Å². The van der Waals surface area contributed by atoms with Crippen LogP contribution in [0.1, 0.15) is 38.7 Å². The number of hydrogen-bond acceptors (Lipinski definition) is 3. The quantitative estimate of drug-likeness (QED) is 0.759. The van der Waals surface area contributed by atoms with Crippen LogP contribution in [0.2, 0.25) is 0 Å². The number of ether oxygens (including phenoxy) is 1. The predicted octanol–water partition coefficient (Wildman–Crippen LogP) is 4.56. The molecular weight excluding hydrogens is 367 g/mol. The van der Waals surface area contributed by atoms with E-state index >= 15 is 0 Å². The summed E-state index contributed by atoms with van der Waals surface area (Å²) in [6.07, 6.45) is 2.89. The van der Waals surface area contributed by atoms with Gasteiger partial charge in [0.05, 0.1) is 12.1 Å². The van der Waals surface area contributed by atoms with Crippen LogP contribution in [0.3, 0.4) is 0 Å². The standard InChI is InChI=1S/C24H29FN2O2/c1-17-7-4-5-9-22(17)29-16-23(28)26-14-6-8-20-21(26)15-24(2,3)27(20)19-12-10-18(25)11-13-19/h4-5,7,9-13,20-21H,6,8,14-16H2,1-3H3/t20-,21-/m0/s1. The molecule has 2 saturated heterocycles. The molecule has 1 amide bonds. The fraction of sp³-hybridized carbons (Fsp3) is 0.458. The third kappa shape index (κ3) is 3.83. The molecule has 0 spiro atoms. The second kappa shape index (κ2) is 7.69. The maximum absolute atomic E-state index is 13.4. The first-order chi connectivity index (χ1) is 13.9. The number of para-hydroxylation sites is 1. The molecule has 4 rings (SSSR count). The second-order valence-corrected chi connectivity index (χ2v) is 8.78. The van der Waals surface area contributed by atoms with Crippen molar-refractivity contribution in [1.29, 1.82) is 0 Å². The number of likely N-dealkylation sites (tertiary alicyclic amines) is 1. The normalized spacial score (nSPS) is 23.0. The molecule has 0 aliphatic carbocycles. The van der Waals surface area contributed by atoms with Crippen molar-refractivity contribution in [3.63, 3.8) is 0 Å². The number of halogens is 1. The lowest BCUT2D eigenvalue weighted by Crippen LogP contribution is -2.53. The van der Waals surface area contributed by atoms with Gasteiger partial charge in [0.15, 0.2) is 6.61 Å². The first-order valence-electron chi connectivity index (χ1n) is 10.4. The lowest BCUT2D eigenvalue weighted by atomic mass is 9.94. The maximum Gasteiger partial charge on any atom is 0.260 e. The van der Waals surface area contributed by atoms with Gasteiger partial charge in [-0.1, -0.05) is 18.2 Å². The van der Waals surface area contributed by atoms with E-state index in [1.165, 1.54) is 12.1 Å². The van der Waals surface area contributed by atoms with Crippen LogP contribution in [0, 0.1) is 12.7 Å². The Kier molecular flexibility index (Phi) is 5.24. The topological polar surface area (TPSA) is 32.8 Å². The molecule has 29 heavy (non-hydrogen) atoms. The van der Waals surface area contributed by atoms with Crippen LogP contribution in [0.4, 0.5) is 10.1 Å². The number of anilines is 1. The zero-order chi connectivity index (χ0) is 20.6. The molecule has 0 bridgehead atoms. The zero-order valence-corrected chi connectivity index (χ0v) is 17.4. The minimum absolute atomic E-state index is 0.0414. The smallest absolute Gasteiger partial charge is 0.260 e. The van der Waals surface area contributed by atoms with Crippen LogP contribution >= 0.6 is 0 Å². The summed E-state index contributed by atoms with van der Waals surface area (Å²) in [4.78, 5) is 17.5. The molecule has 2 aliphatic heterocycles. The van der Waals surface area contributed by atoms with E-state index < -0.39 is 0 Å². The Morgan fingerprint density at radius 1 is 1.14 bits per heavy atom. The molecule has 0 N–H and O–H groups in total. The average Bonchev–Trinajstić information content (AvgIpc) is 2.97. The molecule has 0 radical (unpaired) electrons. The summed E-state index contributed by atoms with van der Waals surface area (Å²) < 4.78 is 19.3. The summed E-state index contributed by atoms with van der Waals surface area (Å²) >= 11 is 0. The molecule has 2 aromatic carbocycles. The molecule has 4 nitrogen and oxygen atoms in total. The molecule has 2 atom stereocenters. The van der Waals surface area contributed by atoms with Crippen molar-refractivity contribution in [2.45, 2.75) is 57.7 Å². The first kappa shape index (κ1) is 19.7. The van der Waals surface area contributed by atoms with E-state index in [4.69, 9.17) is 4.74 Å². The van der Waals surface area contributed by atoms with Gasteiger partial charge in [-0.25, -0.2) is 4.39 Å². The Hall–Kier alpha value is -2.56. The van der Waals surface area contributed by atoms with E-state index in [0.29, 0.717) is 0 Å². The van der Waals surface area contributed by atoms with Gasteiger partial charge in [-0.3, -0.25) is 4.79 Å². The van der Waals surface area contributed by atoms with E-state index in [9.17, 15) is 9.18 Å². The summed E-state index contributed by atoms with van der Waals surface area (Å²) in [5, 5.41) is 0. The van der Waals surface area contributed by atoms with Crippen LogP contribution in [0.5, 0.6) is 5.75 Å². The Labute approximate surface area is 172 Å². The van der Waals surface area contributed by atoms with E-state index in [0.717, 1.165) is 42.8 Å². The van der Waals surface area contributed by atoms with Crippen LogP contribution in [-0.4, -0.2) is 41.6 Å². The van der Waals surface area contributed by atoms with Crippen molar-refractivity contribution >= 4 is 11.6 Å². The van der Waals surface area contributed by atoms with Crippen molar-refractivity contribution in [3.05, 3.63) is 59.9 Å². The molecule has 2 heterocycles. The molecule has 0 saturated carbocycles. The molecule has 154 valence electrons. The lowest BCUT2D eigenvalue weighted by Gasteiger charge is -2.42. The van der Waals surface area contributed by atoms with Gasteiger partial charge in [0.25, 0.3) is 5.91 Å². The van der Waals surface area contributed by atoms with Crippen molar-refractivity contribution in [2.24, 2.45) is 0 Å². The Morgan fingerprint density at radius 2 is 1.86 bits per heavy atom. The molecule has 2 fully saturated rings. The van der Waals surface area contributed by atoms with Crippen LogP contribution in [0.25, 0.3) is 0 Å². The third-order valence-electron chi connectivity index (χ3n) is 6.31. The summed E-state index contributed by atoms with van der Waals surface area (Å²) in [5.74, 6) is 0.574. The van der Waals surface area contributed by atoms with Gasteiger partial charge in [-0.05, 0) is 75.9 Å². The van der Waals surface area contributed by atoms with Crippen molar-refractivity contribution < 1.29 is 13.9 Å². The highest BCUT2D eigenvalue weighted by atomic mass is 19.1. The van der Waals surface area contributed by atoms with Crippen molar-refractivity contribution in [2.75, 3.05) is 18.1 Å². The number of piperidine rings is 1. The maximum atomic E-state index is 13.4. The third-order valence-corrected chi connectivity index (χ3v) is 6.31. The minimum Gasteiger partial charge on any atom is -0.484 e. The number of carbonyl (C=O) groups excluding carboxylic acids is 1. The van der Waals surface area contributed by atoms with Crippen LogP contribution in [-0.2, 0) is 4.79 Å². The SMILES string of the molecule is Cc1ccccc1OCC(=O)N1CCC[C@H]2[C@@H]1CC(C)(C)N2c1ccc(F)cc1. The highest BCUT2D eigenvalue weighted by Crippen LogP contribution is 2.43. The number of amides is 1. The first-order valence-corrected chi connectivity index (χ1v) is 10.4. The van der Waals surface area contributed by atoms with Crippen LogP contribution < -0.4 is 9.64 Å². The van der Waals surface area contributed by atoms with Gasteiger partial charge in [-0.15, -0.1) is 0 Å². The molecule has 2 aliphatic rings. The van der Waals surface area contributed by atoms with Gasteiger partial charge in [0.2, 0.25) is 0 Å². The average molecular weight is 397 g/mol. The van der Waals surface area contributed by atoms with Crippen LogP contribution in [0.15, 0.2) is 48.5 Å². The number of fused-ring (bicyclic) bond motifs is 1. The zero-order valence-electron chi connectivity index (χ0n) is 17.4. The largest absolute Gasteiger partial charge is 0.484 e. The highest BCUT2D eigenvalue weighted by molar-refractivity contribution is 5.78.